The maximum Gasteiger partial charge on any atom is 0.253 e. The van der Waals surface area contributed by atoms with Crippen molar-refractivity contribution in [3.05, 3.63) is 57.8 Å². The van der Waals surface area contributed by atoms with Crippen LogP contribution in [0.2, 0.25) is 10.0 Å². The monoisotopic (exact) mass is 311 g/mol. The zero-order valence-corrected chi connectivity index (χ0v) is 11.8. The Kier molecular flexibility index (Phi) is 4.89. The number of nitrogens with zero attached hydrogens (tertiary/aromatic N) is 2. The molecule has 0 aliphatic rings. The van der Waals surface area contributed by atoms with Gasteiger partial charge in [0.25, 0.3) is 5.91 Å². The van der Waals surface area contributed by atoms with Crippen LogP contribution >= 0.6 is 23.2 Å². The Morgan fingerprint density at radius 2 is 1.95 bits per heavy atom. The highest BCUT2D eigenvalue weighted by molar-refractivity contribution is 6.34. The van der Waals surface area contributed by atoms with E-state index >= 15 is 0 Å². The summed E-state index contributed by atoms with van der Waals surface area (Å²) in [5.74, 6) is -0.341. The molecule has 1 amide bonds. The number of aliphatic hydroxyl groups excluding tert-OH is 1. The van der Waals surface area contributed by atoms with E-state index in [0.717, 1.165) is 0 Å². The molecule has 1 heterocycles. The van der Waals surface area contributed by atoms with Crippen LogP contribution in [0.4, 0.5) is 0 Å². The van der Waals surface area contributed by atoms with Crippen LogP contribution in [0.3, 0.4) is 0 Å². The van der Waals surface area contributed by atoms with Crippen LogP contribution in [-0.2, 0) is 0 Å². The van der Waals surface area contributed by atoms with E-state index in [4.69, 9.17) is 23.2 Å². The summed E-state index contributed by atoms with van der Waals surface area (Å²) in [5, 5.41) is 20.6. The molecule has 1 aromatic carbocycles. The second kappa shape index (κ2) is 6.65. The van der Waals surface area contributed by atoms with Crippen LogP contribution < -0.4 is 5.32 Å². The van der Waals surface area contributed by atoms with Crippen LogP contribution in [0.5, 0.6) is 0 Å². The standard InChI is InChI=1S/C13H11Cl2N3O2/c14-10-3-9(4-11(15)5-10)12(19)7-16-13(20)8-1-2-17-18-6-8/h1-6,12,19H,7H2,(H,16,20). The normalized spacial score (nSPS) is 11.9. The minimum absolute atomic E-state index is 0.0395. The Morgan fingerprint density at radius 1 is 1.25 bits per heavy atom. The third kappa shape index (κ3) is 3.90. The van der Waals surface area contributed by atoms with Gasteiger partial charge in [0.05, 0.1) is 24.1 Å². The van der Waals surface area contributed by atoms with Crippen molar-refractivity contribution in [1.29, 1.82) is 0 Å². The molecule has 0 spiro atoms. The van der Waals surface area contributed by atoms with Gasteiger partial charge in [-0.25, -0.2) is 0 Å². The SMILES string of the molecule is O=C(NCC(O)c1cc(Cl)cc(Cl)c1)c1ccnnc1. The molecular formula is C13H11Cl2N3O2. The number of hydrogen-bond donors (Lipinski definition) is 2. The highest BCUT2D eigenvalue weighted by atomic mass is 35.5. The molecule has 0 aliphatic heterocycles. The Balaban J connectivity index is 1.98. The minimum Gasteiger partial charge on any atom is -0.387 e. The Morgan fingerprint density at radius 3 is 2.55 bits per heavy atom. The summed E-state index contributed by atoms with van der Waals surface area (Å²) < 4.78 is 0. The fourth-order valence-corrected chi connectivity index (χ4v) is 2.14. The number of aromatic nitrogens is 2. The number of carbonyl (C=O) groups is 1. The van der Waals surface area contributed by atoms with E-state index in [1.165, 1.54) is 18.5 Å². The predicted octanol–water partition coefficient (Wildman–Crippen LogP) is 2.25. The molecule has 5 nitrogen and oxygen atoms in total. The highest BCUT2D eigenvalue weighted by Gasteiger charge is 2.12. The third-order valence-corrected chi connectivity index (χ3v) is 3.01. The summed E-state index contributed by atoms with van der Waals surface area (Å²) in [4.78, 5) is 11.8. The number of carbonyl (C=O) groups excluding carboxylic acids is 1. The smallest absolute Gasteiger partial charge is 0.253 e. The summed E-state index contributed by atoms with van der Waals surface area (Å²) in [5.41, 5.74) is 0.909. The first-order valence-electron chi connectivity index (χ1n) is 5.75. The first kappa shape index (κ1) is 14.7. The lowest BCUT2D eigenvalue weighted by Gasteiger charge is -2.13. The fourth-order valence-electron chi connectivity index (χ4n) is 1.60. The zero-order chi connectivity index (χ0) is 14.5. The molecule has 20 heavy (non-hydrogen) atoms. The van der Waals surface area contributed by atoms with Gasteiger partial charge in [0.2, 0.25) is 0 Å². The van der Waals surface area contributed by atoms with Gasteiger partial charge in [-0.3, -0.25) is 4.79 Å². The average molecular weight is 312 g/mol. The number of rotatable bonds is 4. The topological polar surface area (TPSA) is 75.1 Å². The molecule has 0 bridgehead atoms. The highest BCUT2D eigenvalue weighted by Crippen LogP contribution is 2.23. The zero-order valence-electron chi connectivity index (χ0n) is 10.3. The van der Waals surface area contributed by atoms with E-state index in [2.05, 4.69) is 15.5 Å². The summed E-state index contributed by atoms with van der Waals surface area (Å²) in [6.45, 7) is 0.0395. The maximum absolute atomic E-state index is 11.8. The van der Waals surface area contributed by atoms with E-state index in [0.29, 0.717) is 21.2 Å². The van der Waals surface area contributed by atoms with Crippen molar-refractivity contribution < 1.29 is 9.90 Å². The van der Waals surface area contributed by atoms with Gasteiger partial charge in [-0.05, 0) is 29.8 Å². The molecule has 2 aromatic rings. The lowest BCUT2D eigenvalue weighted by Crippen LogP contribution is -2.28. The molecule has 2 rings (SSSR count). The summed E-state index contributed by atoms with van der Waals surface area (Å²) in [7, 11) is 0. The summed E-state index contributed by atoms with van der Waals surface area (Å²) in [6.07, 6.45) is 1.87. The van der Waals surface area contributed by atoms with Crippen molar-refractivity contribution in [2.75, 3.05) is 6.54 Å². The van der Waals surface area contributed by atoms with E-state index in [9.17, 15) is 9.90 Å². The average Bonchev–Trinajstić information content (AvgIpc) is 2.44. The van der Waals surface area contributed by atoms with Crippen molar-refractivity contribution in [3.8, 4) is 0 Å². The van der Waals surface area contributed by atoms with Gasteiger partial charge in [-0.15, -0.1) is 0 Å². The van der Waals surface area contributed by atoms with Crippen LogP contribution in [0.15, 0.2) is 36.7 Å². The van der Waals surface area contributed by atoms with E-state index in [1.54, 1.807) is 18.2 Å². The minimum atomic E-state index is -0.898. The molecule has 2 N–H and O–H groups in total. The Bertz CT molecular complexity index is 588. The molecule has 0 radical (unpaired) electrons. The molecule has 0 saturated carbocycles. The molecule has 0 fully saturated rings. The van der Waals surface area contributed by atoms with Gasteiger partial charge in [0.1, 0.15) is 0 Å². The van der Waals surface area contributed by atoms with Gasteiger partial charge in [0, 0.05) is 16.6 Å². The molecular weight excluding hydrogens is 301 g/mol. The van der Waals surface area contributed by atoms with Crippen LogP contribution in [0, 0.1) is 0 Å². The first-order valence-corrected chi connectivity index (χ1v) is 6.51. The number of aliphatic hydroxyl groups is 1. The van der Waals surface area contributed by atoms with Crippen molar-refractivity contribution in [3.63, 3.8) is 0 Å². The summed E-state index contributed by atoms with van der Waals surface area (Å²) >= 11 is 11.7. The number of hydrogen-bond acceptors (Lipinski definition) is 4. The number of amides is 1. The number of benzene rings is 1. The molecule has 7 heteroatoms. The largest absolute Gasteiger partial charge is 0.387 e. The van der Waals surface area contributed by atoms with Crippen molar-refractivity contribution >= 4 is 29.1 Å². The molecule has 0 aliphatic carbocycles. The third-order valence-electron chi connectivity index (χ3n) is 2.57. The van der Waals surface area contributed by atoms with E-state index < -0.39 is 6.10 Å². The van der Waals surface area contributed by atoms with Crippen molar-refractivity contribution in [2.24, 2.45) is 0 Å². The van der Waals surface area contributed by atoms with Crippen LogP contribution in [0.25, 0.3) is 0 Å². The van der Waals surface area contributed by atoms with Gasteiger partial charge < -0.3 is 10.4 Å². The quantitative estimate of drug-likeness (QED) is 0.908. The molecule has 1 atom stereocenters. The maximum atomic E-state index is 11.8. The van der Waals surface area contributed by atoms with E-state index in [-0.39, 0.29) is 12.5 Å². The molecule has 1 aromatic heterocycles. The first-order chi connectivity index (χ1) is 9.56. The summed E-state index contributed by atoms with van der Waals surface area (Å²) in [6, 6.07) is 6.29. The van der Waals surface area contributed by atoms with Gasteiger partial charge in [0.15, 0.2) is 0 Å². The molecule has 1 unspecified atom stereocenters. The van der Waals surface area contributed by atoms with Crippen LogP contribution in [0.1, 0.15) is 22.0 Å². The lowest BCUT2D eigenvalue weighted by atomic mass is 10.1. The Hall–Kier alpha value is -1.69. The van der Waals surface area contributed by atoms with E-state index in [1.807, 2.05) is 0 Å². The fraction of sp³-hybridized carbons (Fsp3) is 0.154. The van der Waals surface area contributed by atoms with Crippen LogP contribution in [-0.4, -0.2) is 27.8 Å². The van der Waals surface area contributed by atoms with Crippen molar-refractivity contribution in [2.45, 2.75) is 6.10 Å². The second-order valence-corrected chi connectivity index (χ2v) is 4.93. The Labute approximate surface area is 125 Å². The van der Waals surface area contributed by atoms with Gasteiger partial charge in [-0.1, -0.05) is 23.2 Å². The lowest BCUT2D eigenvalue weighted by molar-refractivity contribution is 0.0916. The predicted molar refractivity (Wildman–Crippen MR) is 75.8 cm³/mol. The van der Waals surface area contributed by atoms with Gasteiger partial charge >= 0.3 is 0 Å². The van der Waals surface area contributed by atoms with Crippen molar-refractivity contribution in [1.82, 2.24) is 15.5 Å². The number of halogens is 2. The number of nitrogens with one attached hydrogen (secondary N) is 1. The molecule has 0 saturated heterocycles. The second-order valence-electron chi connectivity index (χ2n) is 4.06. The molecule has 104 valence electrons. The van der Waals surface area contributed by atoms with Gasteiger partial charge in [-0.2, -0.15) is 10.2 Å².